The second kappa shape index (κ2) is 6.02. The second-order valence-electron chi connectivity index (χ2n) is 6.08. The Bertz CT molecular complexity index is 404. The van der Waals surface area contributed by atoms with E-state index in [0.717, 1.165) is 18.5 Å². The molecule has 1 unspecified atom stereocenters. The molecule has 1 N–H and O–H groups in total. The number of rotatable bonds is 3. The van der Waals surface area contributed by atoms with Gasteiger partial charge in [-0.3, -0.25) is 9.88 Å². The number of piperidine rings is 1. The predicted molar refractivity (Wildman–Crippen MR) is 78.0 cm³/mol. The van der Waals surface area contributed by atoms with E-state index in [1.54, 1.807) is 0 Å². The van der Waals surface area contributed by atoms with Crippen LogP contribution in [0.5, 0.6) is 0 Å². The summed E-state index contributed by atoms with van der Waals surface area (Å²) in [6.07, 6.45) is 7.38. The minimum atomic E-state index is 0.804. The van der Waals surface area contributed by atoms with Gasteiger partial charge in [0, 0.05) is 18.8 Å². The first kappa shape index (κ1) is 13.1. The standard InChI is InChI=1S/C16H25N3/c1-13-4-2-8-18-16(13)12-19-10-6-14(7-11-19)15-5-3-9-17-15/h2,4,8,14-15,17H,3,5-7,9-12H2,1H3. The van der Waals surface area contributed by atoms with Gasteiger partial charge in [-0.05, 0) is 69.8 Å². The molecule has 3 heterocycles. The summed E-state index contributed by atoms with van der Waals surface area (Å²) < 4.78 is 0. The highest BCUT2D eigenvalue weighted by Crippen LogP contribution is 2.26. The predicted octanol–water partition coefficient (Wildman–Crippen LogP) is 2.35. The van der Waals surface area contributed by atoms with E-state index in [4.69, 9.17) is 0 Å². The van der Waals surface area contributed by atoms with Crippen LogP contribution < -0.4 is 5.32 Å². The van der Waals surface area contributed by atoms with Gasteiger partial charge in [0.15, 0.2) is 0 Å². The average molecular weight is 259 g/mol. The zero-order chi connectivity index (χ0) is 13.1. The fourth-order valence-corrected chi connectivity index (χ4v) is 3.52. The van der Waals surface area contributed by atoms with Crippen molar-refractivity contribution in [2.45, 2.75) is 45.2 Å². The van der Waals surface area contributed by atoms with E-state index < -0.39 is 0 Å². The largest absolute Gasteiger partial charge is 0.314 e. The van der Waals surface area contributed by atoms with E-state index in [2.05, 4.69) is 28.2 Å². The number of hydrogen-bond acceptors (Lipinski definition) is 3. The zero-order valence-electron chi connectivity index (χ0n) is 11.9. The molecule has 1 aromatic heterocycles. The molecule has 104 valence electrons. The minimum absolute atomic E-state index is 0.804. The lowest BCUT2D eigenvalue weighted by Crippen LogP contribution is -2.40. The lowest BCUT2D eigenvalue weighted by molar-refractivity contribution is 0.156. The minimum Gasteiger partial charge on any atom is -0.314 e. The van der Waals surface area contributed by atoms with Crippen LogP contribution in [0, 0.1) is 12.8 Å². The number of hydrogen-bond donors (Lipinski definition) is 1. The monoisotopic (exact) mass is 259 g/mol. The molecule has 19 heavy (non-hydrogen) atoms. The maximum absolute atomic E-state index is 4.51. The maximum Gasteiger partial charge on any atom is 0.0573 e. The van der Waals surface area contributed by atoms with Crippen molar-refractivity contribution >= 4 is 0 Å². The van der Waals surface area contributed by atoms with Crippen LogP contribution in [0.4, 0.5) is 0 Å². The van der Waals surface area contributed by atoms with Crippen LogP contribution >= 0.6 is 0 Å². The number of nitrogens with zero attached hydrogens (tertiary/aromatic N) is 2. The van der Waals surface area contributed by atoms with Gasteiger partial charge < -0.3 is 5.32 Å². The van der Waals surface area contributed by atoms with Crippen LogP contribution in [0.25, 0.3) is 0 Å². The molecule has 0 bridgehead atoms. The van der Waals surface area contributed by atoms with Crippen LogP contribution in [0.2, 0.25) is 0 Å². The SMILES string of the molecule is Cc1cccnc1CN1CCC(C2CCCN2)CC1. The highest BCUT2D eigenvalue weighted by atomic mass is 15.1. The lowest BCUT2D eigenvalue weighted by atomic mass is 9.88. The summed E-state index contributed by atoms with van der Waals surface area (Å²) in [5.41, 5.74) is 2.57. The van der Waals surface area contributed by atoms with Crippen LogP contribution in [0.3, 0.4) is 0 Å². The highest BCUT2D eigenvalue weighted by molar-refractivity contribution is 5.17. The van der Waals surface area contributed by atoms with Crippen molar-refractivity contribution in [3.8, 4) is 0 Å². The van der Waals surface area contributed by atoms with Crippen LogP contribution in [0.1, 0.15) is 36.9 Å². The third-order valence-electron chi connectivity index (χ3n) is 4.79. The van der Waals surface area contributed by atoms with E-state index in [9.17, 15) is 0 Å². The van der Waals surface area contributed by atoms with Crippen LogP contribution in [-0.4, -0.2) is 35.6 Å². The van der Waals surface area contributed by atoms with Gasteiger partial charge in [-0.25, -0.2) is 0 Å². The van der Waals surface area contributed by atoms with Gasteiger partial charge in [-0.15, -0.1) is 0 Å². The Morgan fingerprint density at radius 2 is 2.16 bits per heavy atom. The van der Waals surface area contributed by atoms with Crippen molar-refractivity contribution in [3.63, 3.8) is 0 Å². The second-order valence-corrected chi connectivity index (χ2v) is 6.08. The summed E-state index contributed by atoms with van der Waals surface area (Å²) in [7, 11) is 0. The number of likely N-dealkylation sites (tertiary alicyclic amines) is 1. The summed E-state index contributed by atoms with van der Waals surface area (Å²) in [5.74, 6) is 0.906. The van der Waals surface area contributed by atoms with Crippen molar-refractivity contribution < 1.29 is 0 Å². The Balaban J connectivity index is 1.51. The molecule has 0 spiro atoms. The molecular weight excluding hydrogens is 234 g/mol. The van der Waals surface area contributed by atoms with E-state index in [1.165, 1.54) is 56.6 Å². The molecule has 2 saturated heterocycles. The van der Waals surface area contributed by atoms with Crippen LogP contribution in [-0.2, 0) is 6.54 Å². The molecule has 0 aromatic carbocycles. The van der Waals surface area contributed by atoms with Crippen LogP contribution in [0.15, 0.2) is 18.3 Å². The fraction of sp³-hybridized carbons (Fsp3) is 0.688. The number of aryl methyl sites for hydroxylation is 1. The summed E-state index contributed by atoms with van der Waals surface area (Å²) in [6, 6.07) is 4.99. The van der Waals surface area contributed by atoms with Crippen molar-refractivity contribution in [2.24, 2.45) is 5.92 Å². The molecule has 3 heteroatoms. The summed E-state index contributed by atoms with van der Waals surface area (Å²) in [4.78, 5) is 7.09. The molecule has 0 amide bonds. The molecule has 0 saturated carbocycles. The smallest absolute Gasteiger partial charge is 0.0573 e. The quantitative estimate of drug-likeness (QED) is 0.903. The number of pyridine rings is 1. The molecule has 3 nitrogen and oxygen atoms in total. The summed E-state index contributed by atoms with van der Waals surface area (Å²) >= 11 is 0. The van der Waals surface area contributed by atoms with Crippen molar-refractivity contribution in [2.75, 3.05) is 19.6 Å². The van der Waals surface area contributed by atoms with Crippen molar-refractivity contribution in [3.05, 3.63) is 29.6 Å². The van der Waals surface area contributed by atoms with Gasteiger partial charge in [0.2, 0.25) is 0 Å². The van der Waals surface area contributed by atoms with Gasteiger partial charge in [0.1, 0.15) is 0 Å². The van der Waals surface area contributed by atoms with Gasteiger partial charge in [-0.1, -0.05) is 6.07 Å². The van der Waals surface area contributed by atoms with Crippen molar-refractivity contribution in [1.29, 1.82) is 0 Å². The van der Waals surface area contributed by atoms with E-state index >= 15 is 0 Å². The highest BCUT2D eigenvalue weighted by Gasteiger charge is 2.28. The summed E-state index contributed by atoms with van der Waals surface area (Å²) in [5, 5.41) is 3.67. The Kier molecular flexibility index (Phi) is 4.14. The molecule has 1 atom stereocenters. The average Bonchev–Trinajstić information content (AvgIpc) is 2.96. The number of aromatic nitrogens is 1. The first-order valence-corrected chi connectivity index (χ1v) is 7.69. The van der Waals surface area contributed by atoms with Gasteiger partial charge in [-0.2, -0.15) is 0 Å². The fourth-order valence-electron chi connectivity index (χ4n) is 3.52. The molecule has 2 aliphatic rings. The Labute approximate surface area is 116 Å². The van der Waals surface area contributed by atoms with Gasteiger partial charge >= 0.3 is 0 Å². The van der Waals surface area contributed by atoms with E-state index in [1.807, 2.05) is 12.3 Å². The first-order chi connectivity index (χ1) is 9.33. The molecule has 0 radical (unpaired) electrons. The third-order valence-corrected chi connectivity index (χ3v) is 4.79. The van der Waals surface area contributed by atoms with E-state index in [-0.39, 0.29) is 0 Å². The molecule has 0 aliphatic carbocycles. The third kappa shape index (κ3) is 3.15. The normalized spacial score (nSPS) is 25.8. The molecular formula is C16H25N3. The van der Waals surface area contributed by atoms with Gasteiger partial charge in [0.05, 0.1) is 5.69 Å². The first-order valence-electron chi connectivity index (χ1n) is 7.69. The molecule has 1 aromatic rings. The van der Waals surface area contributed by atoms with Gasteiger partial charge in [0.25, 0.3) is 0 Å². The summed E-state index contributed by atoms with van der Waals surface area (Å²) in [6.45, 7) is 6.89. The Hall–Kier alpha value is -0.930. The van der Waals surface area contributed by atoms with Crippen molar-refractivity contribution in [1.82, 2.24) is 15.2 Å². The topological polar surface area (TPSA) is 28.2 Å². The Morgan fingerprint density at radius 3 is 2.84 bits per heavy atom. The Morgan fingerprint density at radius 1 is 1.32 bits per heavy atom. The maximum atomic E-state index is 4.51. The molecule has 2 fully saturated rings. The molecule has 3 rings (SSSR count). The molecule has 2 aliphatic heterocycles. The number of nitrogens with one attached hydrogen (secondary N) is 1. The lowest BCUT2D eigenvalue weighted by Gasteiger charge is -2.34. The zero-order valence-corrected chi connectivity index (χ0v) is 11.9. The van der Waals surface area contributed by atoms with E-state index in [0.29, 0.717) is 0 Å².